The molecule has 0 bridgehead atoms. The molecule has 0 radical (unpaired) electrons. The van der Waals surface area contributed by atoms with Crippen molar-refractivity contribution >= 4 is 10.0 Å². The van der Waals surface area contributed by atoms with Gasteiger partial charge in [-0.15, -0.1) is 0 Å². The SMILES string of the molecule is CC(C)CCS(=O)(=O)NCCCCCCO. The van der Waals surface area contributed by atoms with Crippen molar-refractivity contribution in [3.63, 3.8) is 0 Å². The number of rotatable bonds is 10. The topological polar surface area (TPSA) is 66.4 Å². The Morgan fingerprint density at radius 3 is 2.31 bits per heavy atom. The minimum absolute atomic E-state index is 0.222. The second kappa shape index (κ2) is 8.96. The van der Waals surface area contributed by atoms with Crippen LogP contribution in [-0.2, 0) is 10.0 Å². The molecule has 0 aromatic carbocycles. The van der Waals surface area contributed by atoms with E-state index in [1.54, 1.807) is 0 Å². The van der Waals surface area contributed by atoms with Crippen LogP contribution in [0.3, 0.4) is 0 Å². The van der Waals surface area contributed by atoms with Gasteiger partial charge in [-0.05, 0) is 25.2 Å². The van der Waals surface area contributed by atoms with Crippen molar-refractivity contribution in [1.82, 2.24) is 4.72 Å². The van der Waals surface area contributed by atoms with Gasteiger partial charge in [0.05, 0.1) is 5.75 Å². The lowest BCUT2D eigenvalue weighted by atomic mass is 10.2. The van der Waals surface area contributed by atoms with E-state index in [0.717, 1.165) is 25.7 Å². The van der Waals surface area contributed by atoms with Gasteiger partial charge < -0.3 is 5.11 Å². The quantitative estimate of drug-likeness (QED) is 0.578. The number of unbranched alkanes of at least 4 members (excludes halogenated alkanes) is 3. The molecule has 0 amide bonds. The first-order valence-electron chi connectivity index (χ1n) is 6.06. The molecular formula is C11H25NO3S. The van der Waals surface area contributed by atoms with Crippen molar-refractivity contribution in [3.05, 3.63) is 0 Å². The Kier molecular flexibility index (Phi) is 8.89. The molecule has 0 aliphatic rings. The molecule has 0 fully saturated rings. The van der Waals surface area contributed by atoms with Gasteiger partial charge in [-0.25, -0.2) is 13.1 Å². The summed E-state index contributed by atoms with van der Waals surface area (Å²) in [6.07, 6.45) is 4.29. The highest BCUT2D eigenvalue weighted by Gasteiger charge is 2.09. The lowest BCUT2D eigenvalue weighted by Crippen LogP contribution is -2.27. The van der Waals surface area contributed by atoms with Crippen LogP contribution in [0.2, 0.25) is 0 Å². The molecule has 0 rings (SSSR count). The van der Waals surface area contributed by atoms with E-state index in [-0.39, 0.29) is 12.4 Å². The zero-order chi connectivity index (χ0) is 12.4. The van der Waals surface area contributed by atoms with Gasteiger partial charge in [0.2, 0.25) is 10.0 Å². The summed E-state index contributed by atoms with van der Waals surface area (Å²) < 4.78 is 25.5. The lowest BCUT2D eigenvalue weighted by molar-refractivity contribution is 0.282. The summed E-state index contributed by atoms with van der Waals surface area (Å²) in [5, 5.41) is 8.56. The summed E-state index contributed by atoms with van der Waals surface area (Å²) >= 11 is 0. The average molecular weight is 251 g/mol. The third-order valence-electron chi connectivity index (χ3n) is 2.37. The Bertz CT molecular complexity index is 250. The fourth-order valence-corrected chi connectivity index (χ4v) is 2.66. The van der Waals surface area contributed by atoms with E-state index < -0.39 is 10.0 Å². The molecule has 0 atom stereocenters. The van der Waals surface area contributed by atoms with Crippen molar-refractivity contribution in [2.45, 2.75) is 46.0 Å². The molecule has 0 aromatic heterocycles. The fourth-order valence-electron chi connectivity index (χ4n) is 1.28. The van der Waals surface area contributed by atoms with Crippen LogP contribution < -0.4 is 4.72 Å². The number of hydrogen-bond acceptors (Lipinski definition) is 3. The predicted molar refractivity (Wildman–Crippen MR) is 66.8 cm³/mol. The third-order valence-corrected chi connectivity index (χ3v) is 3.79. The highest BCUT2D eigenvalue weighted by atomic mass is 32.2. The molecule has 4 nitrogen and oxygen atoms in total. The maximum Gasteiger partial charge on any atom is 0.211 e. The van der Waals surface area contributed by atoms with Gasteiger partial charge in [0.15, 0.2) is 0 Å². The second-order valence-corrected chi connectivity index (χ2v) is 6.46. The zero-order valence-electron chi connectivity index (χ0n) is 10.4. The van der Waals surface area contributed by atoms with Crippen molar-refractivity contribution in [1.29, 1.82) is 0 Å². The van der Waals surface area contributed by atoms with E-state index in [0.29, 0.717) is 18.9 Å². The number of hydrogen-bond donors (Lipinski definition) is 2. The molecule has 0 aliphatic heterocycles. The van der Waals surface area contributed by atoms with E-state index in [2.05, 4.69) is 4.72 Å². The monoisotopic (exact) mass is 251 g/mol. The van der Waals surface area contributed by atoms with Gasteiger partial charge in [-0.3, -0.25) is 0 Å². The smallest absolute Gasteiger partial charge is 0.211 e. The summed E-state index contributed by atoms with van der Waals surface area (Å²) in [7, 11) is -3.07. The van der Waals surface area contributed by atoms with Gasteiger partial charge in [-0.1, -0.05) is 26.7 Å². The first-order chi connectivity index (χ1) is 7.48. The maximum atomic E-state index is 11.5. The minimum Gasteiger partial charge on any atom is -0.396 e. The van der Waals surface area contributed by atoms with Crippen LogP contribution in [0.25, 0.3) is 0 Å². The highest BCUT2D eigenvalue weighted by molar-refractivity contribution is 7.89. The minimum atomic E-state index is -3.07. The number of aliphatic hydroxyl groups is 1. The van der Waals surface area contributed by atoms with Crippen molar-refractivity contribution in [2.75, 3.05) is 18.9 Å². The Labute approximate surface area is 99.5 Å². The normalized spacial score (nSPS) is 12.2. The van der Waals surface area contributed by atoms with Crippen molar-refractivity contribution in [2.24, 2.45) is 5.92 Å². The van der Waals surface area contributed by atoms with E-state index in [9.17, 15) is 8.42 Å². The number of aliphatic hydroxyl groups excluding tert-OH is 1. The molecule has 0 aromatic rings. The zero-order valence-corrected chi connectivity index (χ0v) is 11.2. The number of nitrogens with one attached hydrogen (secondary N) is 1. The standard InChI is InChI=1S/C11H25NO3S/c1-11(2)7-10-16(14,15)12-8-5-3-4-6-9-13/h11-13H,3-10H2,1-2H3. The largest absolute Gasteiger partial charge is 0.396 e. The van der Waals surface area contributed by atoms with Gasteiger partial charge in [0.1, 0.15) is 0 Å². The molecule has 0 unspecified atom stereocenters. The van der Waals surface area contributed by atoms with E-state index in [4.69, 9.17) is 5.11 Å². The molecule has 0 heterocycles. The van der Waals surface area contributed by atoms with Crippen LogP contribution in [-0.4, -0.2) is 32.4 Å². The molecule has 2 N–H and O–H groups in total. The van der Waals surface area contributed by atoms with Crippen LogP contribution in [0.4, 0.5) is 0 Å². The second-order valence-electron chi connectivity index (χ2n) is 4.53. The average Bonchev–Trinajstić information content (AvgIpc) is 2.21. The van der Waals surface area contributed by atoms with Crippen LogP contribution in [0.15, 0.2) is 0 Å². The third kappa shape index (κ3) is 10.4. The van der Waals surface area contributed by atoms with Crippen LogP contribution in [0.5, 0.6) is 0 Å². The number of sulfonamides is 1. The summed E-state index contributed by atoms with van der Waals surface area (Å²) in [6, 6.07) is 0. The molecule has 0 saturated heterocycles. The first kappa shape index (κ1) is 15.9. The van der Waals surface area contributed by atoms with E-state index >= 15 is 0 Å². The van der Waals surface area contributed by atoms with Crippen molar-refractivity contribution in [3.8, 4) is 0 Å². The maximum absolute atomic E-state index is 11.5. The predicted octanol–water partition coefficient (Wildman–Crippen LogP) is 1.50. The lowest BCUT2D eigenvalue weighted by Gasteiger charge is -2.08. The van der Waals surface area contributed by atoms with Crippen LogP contribution in [0.1, 0.15) is 46.0 Å². The molecule has 0 saturated carbocycles. The highest BCUT2D eigenvalue weighted by Crippen LogP contribution is 2.02. The summed E-state index contributed by atoms with van der Waals surface area (Å²) in [4.78, 5) is 0. The van der Waals surface area contributed by atoms with E-state index in [1.807, 2.05) is 13.8 Å². The fraction of sp³-hybridized carbons (Fsp3) is 1.00. The first-order valence-corrected chi connectivity index (χ1v) is 7.71. The Morgan fingerprint density at radius 2 is 1.75 bits per heavy atom. The molecule has 98 valence electrons. The summed E-state index contributed by atoms with van der Waals surface area (Å²) in [5.41, 5.74) is 0. The summed E-state index contributed by atoms with van der Waals surface area (Å²) in [6.45, 7) is 4.78. The van der Waals surface area contributed by atoms with Gasteiger partial charge in [0, 0.05) is 13.2 Å². The Balaban J connectivity index is 3.51. The molecule has 16 heavy (non-hydrogen) atoms. The van der Waals surface area contributed by atoms with E-state index in [1.165, 1.54) is 0 Å². The van der Waals surface area contributed by atoms with Crippen LogP contribution in [0, 0.1) is 5.92 Å². The van der Waals surface area contributed by atoms with Crippen molar-refractivity contribution < 1.29 is 13.5 Å². The summed E-state index contributed by atoms with van der Waals surface area (Å²) in [5.74, 6) is 0.641. The Hall–Kier alpha value is -0.130. The molecule has 0 aliphatic carbocycles. The molecule has 5 heteroatoms. The Morgan fingerprint density at radius 1 is 1.12 bits per heavy atom. The molecule has 0 spiro atoms. The molecular weight excluding hydrogens is 226 g/mol. The van der Waals surface area contributed by atoms with Gasteiger partial charge in [0.25, 0.3) is 0 Å². The van der Waals surface area contributed by atoms with Gasteiger partial charge >= 0.3 is 0 Å². The van der Waals surface area contributed by atoms with Crippen LogP contribution >= 0.6 is 0 Å². The van der Waals surface area contributed by atoms with Gasteiger partial charge in [-0.2, -0.15) is 0 Å².